The van der Waals surface area contributed by atoms with Crippen molar-refractivity contribution in [1.82, 2.24) is 20.2 Å². The average Bonchev–Trinajstić information content (AvgIpc) is 2.97. The summed E-state index contributed by atoms with van der Waals surface area (Å²) in [7, 11) is 0. The molecule has 0 bridgehead atoms. The van der Waals surface area contributed by atoms with E-state index in [1.54, 1.807) is 0 Å². The fourth-order valence-electron chi connectivity index (χ4n) is 4.60. The number of ether oxygens (including phenoxy) is 1. The largest absolute Gasteiger partial charge is 1.00 e. The maximum atomic E-state index is 13.8. The normalized spacial score (nSPS) is 17.6. The molecule has 0 spiro atoms. The molecular formula is C26H28N7NaO10S. The van der Waals surface area contributed by atoms with Crippen molar-refractivity contribution in [1.29, 1.82) is 0 Å². The molecule has 2 aliphatic rings. The van der Waals surface area contributed by atoms with Gasteiger partial charge in [0, 0.05) is 31.4 Å². The van der Waals surface area contributed by atoms with E-state index in [2.05, 4.69) is 20.6 Å². The van der Waals surface area contributed by atoms with Gasteiger partial charge in [-0.2, -0.15) is 0 Å². The van der Waals surface area contributed by atoms with Crippen molar-refractivity contribution < 1.29 is 73.6 Å². The molecule has 0 aliphatic carbocycles. The fraction of sp³-hybridized carbons (Fsp3) is 0.346. The molecule has 2 unspecified atom stereocenters. The number of thioether (sulfide) groups is 1. The Balaban J connectivity index is 0.00000552. The number of aliphatic hydroxyl groups excluding tert-OH is 1. The van der Waals surface area contributed by atoms with E-state index in [1.807, 2.05) is 0 Å². The van der Waals surface area contributed by atoms with E-state index in [1.165, 1.54) is 24.3 Å². The number of nitrogens with two attached hydrogens (primary N) is 1. The maximum absolute atomic E-state index is 13.8. The van der Waals surface area contributed by atoms with Gasteiger partial charge in [0.2, 0.25) is 11.9 Å². The van der Waals surface area contributed by atoms with E-state index in [9.17, 15) is 39.0 Å². The van der Waals surface area contributed by atoms with E-state index in [4.69, 9.17) is 15.6 Å². The number of hydrogen-bond acceptors (Lipinski definition) is 13. The molecule has 4 rings (SSSR count). The molecule has 2 aliphatic heterocycles. The number of fused-ring (bicyclic) bond motifs is 1. The van der Waals surface area contributed by atoms with Crippen molar-refractivity contribution in [3.8, 4) is 5.75 Å². The van der Waals surface area contributed by atoms with Gasteiger partial charge in [0.15, 0.2) is 0 Å². The van der Waals surface area contributed by atoms with Gasteiger partial charge in [-0.05, 0) is 24.1 Å². The number of primary amides is 1. The van der Waals surface area contributed by atoms with Crippen molar-refractivity contribution in [2.75, 3.05) is 35.7 Å². The van der Waals surface area contributed by atoms with Gasteiger partial charge < -0.3 is 41.2 Å². The number of phenols is 1. The van der Waals surface area contributed by atoms with E-state index in [0.29, 0.717) is 11.3 Å². The molecular weight excluding hydrogens is 625 g/mol. The van der Waals surface area contributed by atoms with Gasteiger partial charge in [0.25, 0.3) is 11.5 Å². The summed E-state index contributed by atoms with van der Waals surface area (Å²) in [4.78, 5) is 83.9. The second-order valence-electron chi connectivity index (χ2n) is 9.57. The number of aromatic hydroxyl groups is 1. The first-order valence-electron chi connectivity index (χ1n) is 13.1. The third-order valence-corrected chi connectivity index (χ3v) is 7.95. The zero-order valence-corrected chi connectivity index (χ0v) is 27.0. The SMILES string of the molecule is CC(=O)OCC1=C(C(=O)[O-])N2C(=O)C(NC(=O)C(c3ccc(O)cc3)N(C(N)=O)c3cnc(NCCCO)[nH]c3=O)[C@@H]2SC1.[Na+]. The van der Waals surface area contributed by atoms with Gasteiger partial charge in [-0.3, -0.25) is 34.0 Å². The number of carbonyl (C=O) groups excluding carboxylic acids is 5. The molecule has 0 saturated carbocycles. The Bertz CT molecular complexity index is 1570. The first-order chi connectivity index (χ1) is 20.9. The summed E-state index contributed by atoms with van der Waals surface area (Å²) in [6.07, 6.45) is 1.38. The van der Waals surface area contributed by atoms with Crippen molar-refractivity contribution in [3.05, 3.63) is 57.6 Å². The number of hydrogen-bond donors (Lipinski definition) is 6. The number of aliphatic carboxylic acids is 1. The predicted molar refractivity (Wildman–Crippen MR) is 152 cm³/mol. The molecule has 17 nitrogen and oxygen atoms in total. The van der Waals surface area contributed by atoms with Crippen molar-refractivity contribution in [2.45, 2.75) is 30.8 Å². The molecule has 3 atom stereocenters. The molecule has 7 N–H and O–H groups in total. The Labute approximate surface area is 281 Å². The third kappa shape index (κ3) is 7.77. The number of aromatic amines is 1. The fourth-order valence-corrected chi connectivity index (χ4v) is 5.93. The summed E-state index contributed by atoms with van der Waals surface area (Å²) >= 11 is 1.10. The number of rotatable bonds is 12. The Morgan fingerprint density at radius 1 is 1.27 bits per heavy atom. The number of amides is 4. The van der Waals surface area contributed by atoms with E-state index >= 15 is 0 Å². The number of nitrogens with zero attached hydrogens (tertiary/aromatic N) is 3. The first kappa shape index (κ1) is 35.4. The molecule has 19 heteroatoms. The Hall–Kier alpha value is -4.10. The van der Waals surface area contributed by atoms with Crippen LogP contribution in [0.5, 0.6) is 5.75 Å². The predicted octanol–water partition coefficient (Wildman–Crippen LogP) is -5.13. The topological polar surface area (TPSA) is 260 Å². The third-order valence-electron chi connectivity index (χ3n) is 6.61. The van der Waals surface area contributed by atoms with Crippen LogP contribution in [0.4, 0.5) is 16.4 Å². The Morgan fingerprint density at radius 2 is 1.96 bits per heavy atom. The molecule has 1 fully saturated rings. The zero-order chi connectivity index (χ0) is 32.1. The number of β-lactam (4-membered cyclic amide) rings is 1. The van der Waals surface area contributed by atoms with Crippen LogP contribution in [0.25, 0.3) is 0 Å². The number of H-pyrrole nitrogens is 1. The van der Waals surface area contributed by atoms with Crippen molar-refractivity contribution in [2.24, 2.45) is 5.73 Å². The number of esters is 1. The molecule has 0 radical (unpaired) electrons. The monoisotopic (exact) mass is 653 g/mol. The van der Waals surface area contributed by atoms with Crippen LogP contribution in [0.3, 0.4) is 0 Å². The number of carboxylic acid groups (broad SMARTS) is 1. The first-order valence-corrected chi connectivity index (χ1v) is 14.1. The molecule has 1 aromatic heterocycles. The minimum Gasteiger partial charge on any atom is -0.543 e. The number of aliphatic hydroxyl groups is 1. The maximum Gasteiger partial charge on any atom is 1.00 e. The Kier molecular flexibility index (Phi) is 12.0. The molecule has 45 heavy (non-hydrogen) atoms. The number of aromatic nitrogens is 2. The van der Waals surface area contributed by atoms with Gasteiger partial charge >= 0.3 is 41.6 Å². The number of phenolic OH excluding ortho intramolecular Hbond substituents is 1. The van der Waals surface area contributed by atoms with Gasteiger partial charge in [-0.1, -0.05) is 12.1 Å². The molecule has 1 saturated heterocycles. The van der Waals surface area contributed by atoms with Crippen LogP contribution in [0.2, 0.25) is 0 Å². The second-order valence-corrected chi connectivity index (χ2v) is 10.7. The number of benzene rings is 1. The van der Waals surface area contributed by atoms with Crippen molar-refractivity contribution in [3.63, 3.8) is 0 Å². The smallest absolute Gasteiger partial charge is 0.543 e. The van der Waals surface area contributed by atoms with Gasteiger partial charge in [-0.25, -0.2) is 9.78 Å². The van der Waals surface area contributed by atoms with Crippen molar-refractivity contribution >= 4 is 53.2 Å². The molecule has 4 amide bonds. The van der Waals surface area contributed by atoms with E-state index < -0.39 is 64.2 Å². The van der Waals surface area contributed by atoms with Gasteiger partial charge in [-0.15, -0.1) is 11.8 Å². The number of carboxylic acids is 1. The molecule has 3 heterocycles. The average molecular weight is 654 g/mol. The second kappa shape index (κ2) is 15.3. The summed E-state index contributed by atoms with van der Waals surface area (Å²) in [5.41, 5.74) is 4.16. The quantitative estimate of drug-likeness (QED) is 0.0543. The summed E-state index contributed by atoms with van der Waals surface area (Å²) in [6.45, 7) is 0.957. The van der Waals surface area contributed by atoms with Crippen LogP contribution in [-0.4, -0.2) is 91.8 Å². The zero-order valence-electron chi connectivity index (χ0n) is 24.1. The molecule has 234 valence electrons. The standard InChI is InChI=1S/C26H29N7O10S.Na/c1-12(35)43-10-14-11-44-23-17(22(39)33(23)19(14)24(40)41)30-21(38)18(13-3-5-15(36)6-4-13)32(25(27)42)16-9-29-26(31-20(16)37)28-7-2-8-34;/h3-6,9,17-18,23,34,36H,2,7-8,10-11H2,1H3,(H2,27,42)(H,30,38)(H,40,41)(H2,28,29,31,37);/q;+1/p-1/t17?,18?,23-;/m0./s1. The summed E-state index contributed by atoms with van der Waals surface area (Å²) < 4.78 is 4.89. The summed E-state index contributed by atoms with van der Waals surface area (Å²) in [6, 6.07) is 0.976. The van der Waals surface area contributed by atoms with E-state index in [-0.39, 0.29) is 77.9 Å². The van der Waals surface area contributed by atoms with Crippen LogP contribution in [0, 0.1) is 0 Å². The summed E-state index contributed by atoms with van der Waals surface area (Å²) in [5, 5.41) is 35.1. The van der Waals surface area contributed by atoms with Gasteiger partial charge in [0.1, 0.15) is 35.5 Å². The van der Waals surface area contributed by atoms with Crippen LogP contribution in [-0.2, 0) is 23.9 Å². The minimum absolute atomic E-state index is 0. The Morgan fingerprint density at radius 3 is 2.53 bits per heavy atom. The van der Waals surface area contributed by atoms with Gasteiger partial charge in [0.05, 0.1) is 17.9 Å². The van der Waals surface area contributed by atoms with Crippen LogP contribution in [0.1, 0.15) is 24.9 Å². The number of anilines is 2. The number of carbonyl (C=O) groups is 5. The van der Waals surface area contributed by atoms with E-state index in [0.717, 1.165) is 29.8 Å². The number of urea groups is 1. The molecule has 2 aromatic rings. The molecule has 1 aromatic carbocycles. The van der Waals surface area contributed by atoms with Crippen LogP contribution < -0.4 is 61.5 Å². The van der Waals surface area contributed by atoms with Crippen LogP contribution >= 0.6 is 11.8 Å². The van der Waals surface area contributed by atoms with Crippen LogP contribution in [0.15, 0.2) is 46.5 Å². The summed E-state index contributed by atoms with van der Waals surface area (Å²) in [5.74, 6) is -4.16. The minimum atomic E-state index is -1.67. The number of nitrogens with one attached hydrogen (secondary N) is 3.